The van der Waals surface area contributed by atoms with Crippen molar-refractivity contribution in [3.8, 4) is 0 Å². The van der Waals surface area contributed by atoms with Gasteiger partial charge >= 0.3 is 0 Å². The van der Waals surface area contributed by atoms with Gasteiger partial charge in [-0.25, -0.2) is 16.8 Å². The van der Waals surface area contributed by atoms with Crippen LogP contribution < -0.4 is 5.32 Å². The second-order valence-electron chi connectivity index (χ2n) is 10.2. The maximum absolute atomic E-state index is 13.5. The van der Waals surface area contributed by atoms with Crippen molar-refractivity contribution in [2.45, 2.75) is 61.3 Å². The van der Waals surface area contributed by atoms with Crippen molar-refractivity contribution >= 4 is 19.7 Å². The van der Waals surface area contributed by atoms with Crippen molar-refractivity contribution in [2.24, 2.45) is 0 Å². The molecule has 1 aromatic heterocycles. The highest BCUT2D eigenvalue weighted by atomic mass is 32.2. The Morgan fingerprint density at radius 2 is 1.76 bits per heavy atom. The third-order valence-corrected chi connectivity index (χ3v) is 10.9. The SMILES string of the molecule is CC(C)(C)c1ccc(S(=O)(=O)[C@H]2CS(=O)(=O)C[C@@H]2NCC(c2ccco2)N2CCCC2)cc1. The van der Waals surface area contributed by atoms with E-state index in [0.717, 1.165) is 37.3 Å². The Morgan fingerprint density at radius 3 is 2.33 bits per heavy atom. The number of sulfone groups is 2. The Balaban J connectivity index is 1.56. The topological polar surface area (TPSA) is 96.7 Å². The second-order valence-corrected chi connectivity index (χ2v) is 14.5. The third-order valence-electron chi connectivity index (χ3n) is 6.77. The minimum atomic E-state index is -3.82. The monoisotopic (exact) mass is 494 g/mol. The molecule has 7 nitrogen and oxygen atoms in total. The van der Waals surface area contributed by atoms with Crippen LogP contribution in [0.5, 0.6) is 0 Å². The van der Waals surface area contributed by atoms with E-state index < -0.39 is 31.0 Å². The van der Waals surface area contributed by atoms with Gasteiger partial charge in [-0.3, -0.25) is 4.90 Å². The van der Waals surface area contributed by atoms with E-state index in [2.05, 4.69) is 31.0 Å². The first kappa shape index (κ1) is 24.4. The number of rotatable bonds is 7. The number of nitrogens with zero attached hydrogens (tertiary/aromatic N) is 1. The lowest BCUT2D eigenvalue weighted by atomic mass is 9.87. The summed E-state index contributed by atoms with van der Waals surface area (Å²) < 4.78 is 57.6. The standard InChI is InChI=1S/C24H34N2O5S2/c1-24(2,3)18-8-10-19(11-9-18)33(29,30)23-17-32(27,28)16-20(23)25-15-21(22-7-6-14-31-22)26-12-4-5-13-26/h6-11,14,20-21,23,25H,4-5,12-13,15-17H2,1-3H3/t20-,21?,23-/m0/s1. The maximum Gasteiger partial charge on any atom is 0.183 e. The van der Waals surface area contributed by atoms with Crippen molar-refractivity contribution < 1.29 is 21.3 Å². The predicted octanol–water partition coefficient (Wildman–Crippen LogP) is 2.94. The van der Waals surface area contributed by atoms with Gasteiger partial charge in [-0.1, -0.05) is 32.9 Å². The molecule has 1 N–H and O–H groups in total. The van der Waals surface area contributed by atoms with Gasteiger partial charge in [-0.15, -0.1) is 0 Å². The molecule has 4 rings (SSSR count). The van der Waals surface area contributed by atoms with Crippen LogP contribution in [0.15, 0.2) is 52.0 Å². The molecular formula is C24H34N2O5S2. The van der Waals surface area contributed by atoms with Gasteiger partial charge in [0.2, 0.25) is 0 Å². The van der Waals surface area contributed by atoms with Crippen molar-refractivity contribution in [3.05, 3.63) is 54.0 Å². The smallest absolute Gasteiger partial charge is 0.183 e. The van der Waals surface area contributed by atoms with Crippen molar-refractivity contribution in [1.82, 2.24) is 10.2 Å². The number of furan rings is 1. The zero-order valence-corrected chi connectivity index (χ0v) is 21.2. The molecule has 3 atom stereocenters. The van der Waals surface area contributed by atoms with Crippen LogP contribution >= 0.6 is 0 Å². The van der Waals surface area contributed by atoms with E-state index in [-0.39, 0.29) is 27.9 Å². The van der Waals surface area contributed by atoms with Crippen molar-refractivity contribution in [1.29, 1.82) is 0 Å². The average Bonchev–Trinajstić information content (AvgIpc) is 3.50. The molecule has 0 radical (unpaired) electrons. The molecule has 0 saturated carbocycles. The Labute approximate surface area is 197 Å². The summed E-state index contributed by atoms with van der Waals surface area (Å²) in [6.45, 7) is 8.51. The fourth-order valence-electron chi connectivity index (χ4n) is 4.84. The van der Waals surface area contributed by atoms with Gasteiger partial charge in [-0.05, 0) is 61.2 Å². The molecule has 2 aliphatic rings. The highest BCUT2D eigenvalue weighted by molar-refractivity contribution is 7.96. The van der Waals surface area contributed by atoms with E-state index in [1.54, 1.807) is 18.4 Å². The molecule has 2 saturated heterocycles. The molecule has 33 heavy (non-hydrogen) atoms. The van der Waals surface area contributed by atoms with E-state index in [1.165, 1.54) is 0 Å². The van der Waals surface area contributed by atoms with Crippen molar-refractivity contribution in [3.63, 3.8) is 0 Å². The number of benzene rings is 1. The number of hydrogen-bond donors (Lipinski definition) is 1. The summed E-state index contributed by atoms with van der Waals surface area (Å²) in [7, 11) is -7.29. The van der Waals surface area contributed by atoms with Crippen LogP contribution in [0, 0.1) is 0 Å². The molecule has 182 valence electrons. The molecule has 0 aliphatic carbocycles. The molecule has 2 fully saturated rings. The maximum atomic E-state index is 13.5. The summed E-state index contributed by atoms with van der Waals surface area (Å²) in [5.41, 5.74) is 0.932. The first-order chi connectivity index (χ1) is 15.5. The van der Waals surface area contributed by atoms with Crippen LogP contribution in [0.2, 0.25) is 0 Å². The average molecular weight is 495 g/mol. The quantitative estimate of drug-likeness (QED) is 0.632. The first-order valence-electron chi connectivity index (χ1n) is 11.5. The minimum absolute atomic E-state index is 0.0553. The van der Waals surface area contributed by atoms with E-state index >= 15 is 0 Å². The molecule has 0 bridgehead atoms. The summed E-state index contributed by atoms with van der Waals surface area (Å²) in [5.74, 6) is 0.271. The van der Waals surface area contributed by atoms with Crippen LogP contribution in [-0.4, -0.2) is 64.2 Å². The van der Waals surface area contributed by atoms with E-state index in [9.17, 15) is 16.8 Å². The fourth-order valence-corrected chi connectivity index (χ4v) is 9.55. The van der Waals surface area contributed by atoms with Gasteiger partial charge < -0.3 is 9.73 Å². The lowest BCUT2D eigenvalue weighted by molar-refractivity contribution is 0.206. The Hall–Kier alpha value is -1.68. The van der Waals surface area contributed by atoms with Crippen LogP contribution in [0.3, 0.4) is 0 Å². The van der Waals surface area contributed by atoms with Gasteiger partial charge in [0, 0.05) is 12.6 Å². The molecule has 1 aromatic carbocycles. The Morgan fingerprint density at radius 1 is 1.09 bits per heavy atom. The molecule has 0 spiro atoms. The van der Waals surface area contributed by atoms with Gasteiger partial charge in [0.15, 0.2) is 19.7 Å². The normalized spacial score (nSPS) is 24.8. The van der Waals surface area contributed by atoms with Crippen molar-refractivity contribution in [2.75, 3.05) is 31.1 Å². The molecule has 3 heterocycles. The van der Waals surface area contributed by atoms with Crippen LogP contribution in [0.1, 0.15) is 51.0 Å². The molecule has 2 aliphatic heterocycles. The highest BCUT2D eigenvalue weighted by Gasteiger charge is 2.46. The highest BCUT2D eigenvalue weighted by Crippen LogP contribution is 2.30. The van der Waals surface area contributed by atoms with Crippen LogP contribution in [-0.2, 0) is 25.1 Å². The number of likely N-dealkylation sites (tertiary alicyclic amines) is 1. The zero-order valence-electron chi connectivity index (χ0n) is 19.5. The second kappa shape index (κ2) is 9.17. The lowest BCUT2D eigenvalue weighted by Crippen LogP contribution is -2.46. The summed E-state index contributed by atoms with van der Waals surface area (Å²) in [4.78, 5) is 2.48. The van der Waals surface area contributed by atoms with Gasteiger partial charge in [-0.2, -0.15) is 0 Å². The number of nitrogens with one attached hydrogen (secondary N) is 1. The third kappa shape index (κ3) is 5.37. The van der Waals surface area contributed by atoms with Crippen LogP contribution in [0.4, 0.5) is 0 Å². The molecule has 0 amide bonds. The molecule has 9 heteroatoms. The molecule has 2 aromatic rings. The van der Waals surface area contributed by atoms with E-state index in [1.807, 2.05) is 24.3 Å². The lowest BCUT2D eigenvalue weighted by Gasteiger charge is -2.28. The fraction of sp³-hybridized carbons (Fsp3) is 0.583. The van der Waals surface area contributed by atoms with Gasteiger partial charge in [0.25, 0.3) is 0 Å². The van der Waals surface area contributed by atoms with Gasteiger partial charge in [0.1, 0.15) is 5.76 Å². The summed E-state index contributed by atoms with van der Waals surface area (Å²) in [6, 6.07) is 9.89. The molecule has 1 unspecified atom stereocenters. The van der Waals surface area contributed by atoms with E-state index in [0.29, 0.717) is 6.54 Å². The Bertz CT molecular complexity index is 1140. The number of hydrogen-bond acceptors (Lipinski definition) is 7. The summed E-state index contributed by atoms with van der Waals surface area (Å²) in [5, 5.41) is 2.29. The van der Waals surface area contributed by atoms with E-state index in [4.69, 9.17) is 4.42 Å². The predicted molar refractivity (Wildman–Crippen MR) is 129 cm³/mol. The molecular weight excluding hydrogens is 460 g/mol. The zero-order chi connectivity index (χ0) is 23.9. The van der Waals surface area contributed by atoms with Gasteiger partial charge in [0.05, 0.1) is 34.0 Å². The van der Waals surface area contributed by atoms with Crippen LogP contribution in [0.25, 0.3) is 0 Å². The Kier molecular flexibility index (Phi) is 6.79. The first-order valence-corrected chi connectivity index (χ1v) is 14.9. The largest absolute Gasteiger partial charge is 0.468 e. The summed E-state index contributed by atoms with van der Waals surface area (Å²) in [6.07, 6.45) is 3.85. The minimum Gasteiger partial charge on any atom is -0.468 e. The summed E-state index contributed by atoms with van der Waals surface area (Å²) >= 11 is 0.